The van der Waals surface area contributed by atoms with Crippen LogP contribution in [0.4, 0.5) is 29.6 Å². The van der Waals surface area contributed by atoms with Crippen molar-refractivity contribution in [2.24, 2.45) is 0 Å². The molecule has 1 aliphatic rings. The largest absolute Gasteiger partial charge is 0.453 e. The van der Waals surface area contributed by atoms with Crippen LogP contribution in [-0.2, 0) is 9.47 Å². The smallest absolute Gasteiger partial charge is 0.412 e. The molecular formula is C17H17F3N4O4. The fourth-order valence-electron chi connectivity index (χ4n) is 2.85. The number of amides is 1. The summed E-state index contributed by atoms with van der Waals surface area (Å²) in [5.41, 5.74) is 0.311. The highest BCUT2D eigenvalue weighted by Gasteiger charge is 2.45. The van der Waals surface area contributed by atoms with E-state index in [-0.39, 0.29) is 24.8 Å². The van der Waals surface area contributed by atoms with Crippen LogP contribution in [0.1, 0.15) is 0 Å². The van der Waals surface area contributed by atoms with Gasteiger partial charge in [0, 0.05) is 18.8 Å². The number of anilines is 2. The second kappa shape index (κ2) is 7.89. The van der Waals surface area contributed by atoms with Gasteiger partial charge >= 0.3 is 12.3 Å². The molecule has 2 N–H and O–H groups in total. The Morgan fingerprint density at radius 3 is 2.86 bits per heavy atom. The van der Waals surface area contributed by atoms with Crippen molar-refractivity contribution >= 4 is 17.7 Å². The van der Waals surface area contributed by atoms with Crippen LogP contribution in [0, 0.1) is 0 Å². The molecule has 1 amide bonds. The number of H-pyrrole nitrogens is 1. The Kier molecular flexibility index (Phi) is 5.54. The summed E-state index contributed by atoms with van der Waals surface area (Å²) in [6, 6.07) is 3.89. The third-order valence-corrected chi connectivity index (χ3v) is 4.15. The molecule has 1 atom stereocenters. The van der Waals surface area contributed by atoms with Gasteiger partial charge in [-0.2, -0.15) is 13.2 Å². The number of carbonyl (C=O) groups excluding carboxylic acids is 1. The first kappa shape index (κ1) is 19.7. The maximum absolute atomic E-state index is 13.3. The molecule has 0 aromatic carbocycles. The number of rotatable bonds is 3. The molecule has 1 saturated heterocycles. The standard InChI is InChI=1S/C17H17F3N4O4/c1-27-16(26)22-13-6-10(2-3-21-13)11-7-14(23-15(25)8-11)24-4-5-28-9-12(24)17(18,19)20/h2-3,6-8,12H,4-5,9H2,1H3,(H,23,25)(H,21,22,26). The second-order valence-corrected chi connectivity index (χ2v) is 5.99. The number of pyridine rings is 2. The zero-order valence-electron chi connectivity index (χ0n) is 14.7. The van der Waals surface area contributed by atoms with Crippen LogP contribution in [-0.4, -0.2) is 55.1 Å². The summed E-state index contributed by atoms with van der Waals surface area (Å²) in [6.45, 7) is -0.422. The van der Waals surface area contributed by atoms with E-state index in [0.29, 0.717) is 11.1 Å². The number of methoxy groups -OCH3 is 1. The van der Waals surface area contributed by atoms with Crippen LogP contribution >= 0.6 is 0 Å². The van der Waals surface area contributed by atoms with Crippen molar-refractivity contribution < 1.29 is 27.4 Å². The minimum atomic E-state index is -4.51. The Bertz CT molecular complexity index is 916. The minimum absolute atomic E-state index is 0.0188. The highest BCUT2D eigenvalue weighted by molar-refractivity contribution is 5.84. The lowest BCUT2D eigenvalue weighted by molar-refractivity contribution is -0.167. The van der Waals surface area contributed by atoms with E-state index >= 15 is 0 Å². The van der Waals surface area contributed by atoms with Crippen molar-refractivity contribution in [3.8, 4) is 11.1 Å². The first-order valence-corrected chi connectivity index (χ1v) is 8.25. The first-order valence-electron chi connectivity index (χ1n) is 8.25. The van der Waals surface area contributed by atoms with E-state index in [9.17, 15) is 22.8 Å². The van der Waals surface area contributed by atoms with E-state index in [1.807, 2.05) is 0 Å². The number of aromatic nitrogens is 2. The molecule has 0 radical (unpaired) electrons. The fraction of sp³-hybridized carbons (Fsp3) is 0.353. The molecule has 0 saturated carbocycles. The van der Waals surface area contributed by atoms with Gasteiger partial charge in [-0.3, -0.25) is 10.1 Å². The predicted molar refractivity (Wildman–Crippen MR) is 94.3 cm³/mol. The molecule has 2 aromatic rings. The molecule has 0 spiro atoms. The van der Waals surface area contributed by atoms with Gasteiger partial charge in [-0.15, -0.1) is 0 Å². The van der Waals surface area contributed by atoms with Crippen LogP contribution in [0.2, 0.25) is 0 Å². The van der Waals surface area contributed by atoms with Crippen LogP contribution in [0.15, 0.2) is 35.3 Å². The molecule has 11 heteroatoms. The maximum Gasteiger partial charge on any atom is 0.412 e. The van der Waals surface area contributed by atoms with Crippen molar-refractivity contribution in [2.45, 2.75) is 12.2 Å². The van der Waals surface area contributed by atoms with Gasteiger partial charge in [-0.1, -0.05) is 0 Å². The topological polar surface area (TPSA) is 96.5 Å². The monoisotopic (exact) mass is 398 g/mol. The number of alkyl halides is 3. The number of hydrogen-bond acceptors (Lipinski definition) is 6. The number of nitrogens with one attached hydrogen (secondary N) is 2. The van der Waals surface area contributed by atoms with E-state index < -0.39 is 30.5 Å². The lowest BCUT2D eigenvalue weighted by Crippen LogP contribution is -2.54. The molecule has 8 nitrogen and oxygen atoms in total. The Balaban J connectivity index is 1.97. The maximum atomic E-state index is 13.3. The molecule has 3 heterocycles. The molecular weight excluding hydrogens is 381 g/mol. The van der Waals surface area contributed by atoms with Gasteiger partial charge in [-0.05, 0) is 29.3 Å². The average molecular weight is 398 g/mol. The number of ether oxygens (including phenoxy) is 2. The van der Waals surface area contributed by atoms with Crippen LogP contribution in [0.5, 0.6) is 0 Å². The molecule has 3 rings (SSSR count). The van der Waals surface area contributed by atoms with Gasteiger partial charge < -0.3 is 19.4 Å². The number of aromatic amines is 1. The summed E-state index contributed by atoms with van der Waals surface area (Å²) in [5.74, 6) is 0.207. The molecule has 1 aliphatic heterocycles. The van der Waals surface area contributed by atoms with E-state index in [2.05, 4.69) is 20.0 Å². The Hall–Kier alpha value is -3.08. The zero-order valence-corrected chi connectivity index (χ0v) is 14.7. The van der Waals surface area contributed by atoms with Gasteiger partial charge in [0.2, 0.25) is 5.56 Å². The molecule has 0 aliphatic carbocycles. The highest BCUT2D eigenvalue weighted by atomic mass is 19.4. The normalized spacial score (nSPS) is 17.3. The fourth-order valence-corrected chi connectivity index (χ4v) is 2.85. The number of carbonyl (C=O) groups is 1. The van der Waals surface area contributed by atoms with Gasteiger partial charge in [0.15, 0.2) is 0 Å². The minimum Gasteiger partial charge on any atom is -0.453 e. The number of nitrogens with zero attached hydrogens (tertiary/aromatic N) is 2. The van der Waals surface area contributed by atoms with Crippen molar-refractivity contribution in [1.29, 1.82) is 0 Å². The molecule has 1 unspecified atom stereocenters. The zero-order chi connectivity index (χ0) is 20.3. The quantitative estimate of drug-likeness (QED) is 0.824. The summed E-state index contributed by atoms with van der Waals surface area (Å²) in [6.07, 6.45) is -3.84. The van der Waals surface area contributed by atoms with Gasteiger partial charge in [0.1, 0.15) is 17.7 Å². The predicted octanol–water partition coefficient (Wildman–Crippen LogP) is 2.38. The summed E-state index contributed by atoms with van der Waals surface area (Å²) in [5, 5.41) is 2.39. The van der Waals surface area contributed by atoms with E-state index in [0.717, 1.165) is 4.90 Å². The lowest BCUT2D eigenvalue weighted by atomic mass is 10.1. The number of morpholine rings is 1. The molecule has 1 fully saturated rings. The van der Waals surface area contributed by atoms with Gasteiger partial charge in [-0.25, -0.2) is 9.78 Å². The Morgan fingerprint density at radius 2 is 2.14 bits per heavy atom. The number of hydrogen-bond donors (Lipinski definition) is 2. The third kappa shape index (κ3) is 4.42. The van der Waals surface area contributed by atoms with Gasteiger partial charge in [0.25, 0.3) is 0 Å². The van der Waals surface area contributed by atoms with E-state index in [1.165, 1.54) is 31.5 Å². The second-order valence-electron chi connectivity index (χ2n) is 5.99. The molecule has 150 valence electrons. The van der Waals surface area contributed by atoms with E-state index in [1.54, 1.807) is 6.07 Å². The summed E-state index contributed by atoms with van der Waals surface area (Å²) >= 11 is 0. The van der Waals surface area contributed by atoms with Crippen molar-refractivity contribution in [1.82, 2.24) is 9.97 Å². The average Bonchev–Trinajstić information content (AvgIpc) is 2.67. The first-order chi connectivity index (χ1) is 13.3. The van der Waals surface area contributed by atoms with E-state index in [4.69, 9.17) is 4.74 Å². The Morgan fingerprint density at radius 1 is 1.36 bits per heavy atom. The van der Waals surface area contributed by atoms with Crippen molar-refractivity contribution in [3.63, 3.8) is 0 Å². The SMILES string of the molecule is COC(=O)Nc1cc(-c2cc(N3CCOCC3C(F)(F)F)[nH]c(=O)c2)ccn1. The van der Waals surface area contributed by atoms with Crippen LogP contribution in [0.3, 0.4) is 0 Å². The lowest BCUT2D eigenvalue weighted by Gasteiger charge is -2.37. The molecule has 28 heavy (non-hydrogen) atoms. The third-order valence-electron chi connectivity index (χ3n) is 4.15. The molecule has 2 aromatic heterocycles. The van der Waals surface area contributed by atoms with Gasteiger partial charge in [0.05, 0.1) is 20.3 Å². The van der Waals surface area contributed by atoms with Crippen LogP contribution in [0.25, 0.3) is 11.1 Å². The van der Waals surface area contributed by atoms with Crippen molar-refractivity contribution in [3.05, 3.63) is 40.8 Å². The number of halogens is 3. The molecule has 0 bridgehead atoms. The van der Waals surface area contributed by atoms with Crippen LogP contribution < -0.4 is 15.8 Å². The summed E-state index contributed by atoms with van der Waals surface area (Å²) < 4.78 is 49.5. The highest BCUT2D eigenvalue weighted by Crippen LogP contribution is 2.31. The summed E-state index contributed by atoms with van der Waals surface area (Å²) in [4.78, 5) is 30.9. The summed E-state index contributed by atoms with van der Waals surface area (Å²) in [7, 11) is 1.20. The Labute approximate surface area is 157 Å². The van der Waals surface area contributed by atoms with Crippen molar-refractivity contribution in [2.75, 3.05) is 37.1 Å².